The van der Waals surface area contributed by atoms with Gasteiger partial charge in [0.15, 0.2) is 5.05 Å². The first-order chi connectivity index (χ1) is 5.72. The van der Waals surface area contributed by atoms with Gasteiger partial charge in [-0.25, -0.2) is 0 Å². The van der Waals surface area contributed by atoms with Crippen LogP contribution >= 0.6 is 12.2 Å². The molecule has 1 fully saturated rings. The highest BCUT2D eigenvalue weighted by Crippen LogP contribution is 2.11. The van der Waals surface area contributed by atoms with Gasteiger partial charge in [0.05, 0.1) is 0 Å². The molecule has 0 saturated carbocycles. The van der Waals surface area contributed by atoms with E-state index in [2.05, 4.69) is 19.2 Å². The van der Waals surface area contributed by atoms with Crippen molar-refractivity contribution in [1.29, 1.82) is 0 Å². The van der Waals surface area contributed by atoms with Crippen molar-refractivity contribution in [3.05, 3.63) is 0 Å². The summed E-state index contributed by atoms with van der Waals surface area (Å²) in [6, 6.07) is 0.583. The summed E-state index contributed by atoms with van der Waals surface area (Å²) in [4.78, 5) is 0. The van der Waals surface area contributed by atoms with Crippen molar-refractivity contribution in [2.24, 2.45) is 0 Å². The zero-order valence-corrected chi connectivity index (χ0v) is 8.62. The molecule has 1 N–H and O–H groups in total. The monoisotopic (exact) mass is 187 g/mol. The van der Waals surface area contributed by atoms with Gasteiger partial charge >= 0.3 is 0 Å². The van der Waals surface area contributed by atoms with E-state index in [1.807, 2.05) is 0 Å². The lowest BCUT2D eigenvalue weighted by molar-refractivity contribution is 0.207. The fraction of sp³-hybridized carbons (Fsp3) is 0.889. The van der Waals surface area contributed by atoms with Crippen molar-refractivity contribution in [2.45, 2.75) is 45.3 Å². The van der Waals surface area contributed by atoms with E-state index in [0.717, 1.165) is 30.9 Å². The Morgan fingerprint density at radius 2 is 2.42 bits per heavy atom. The molecule has 0 radical (unpaired) electrons. The first kappa shape index (κ1) is 9.93. The minimum Gasteiger partial charge on any atom is -0.483 e. The second-order valence-corrected chi connectivity index (χ2v) is 3.86. The lowest BCUT2D eigenvalue weighted by Crippen LogP contribution is -2.20. The van der Waals surface area contributed by atoms with E-state index < -0.39 is 0 Å². The molecule has 1 saturated heterocycles. The Balaban J connectivity index is 2.18. The lowest BCUT2D eigenvalue weighted by Gasteiger charge is -2.12. The first-order valence-corrected chi connectivity index (χ1v) is 5.06. The number of nitrogens with one attached hydrogen (secondary N) is 1. The van der Waals surface area contributed by atoms with Gasteiger partial charge in [-0.15, -0.1) is 0 Å². The summed E-state index contributed by atoms with van der Waals surface area (Å²) in [6.07, 6.45) is 3.40. The van der Waals surface area contributed by atoms with Gasteiger partial charge in [-0.05, 0) is 25.6 Å². The predicted molar refractivity (Wildman–Crippen MR) is 54.5 cm³/mol. The van der Waals surface area contributed by atoms with Crippen LogP contribution in [0.3, 0.4) is 0 Å². The van der Waals surface area contributed by atoms with Gasteiger partial charge in [0.2, 0.25) is 0 Å². The van der Waals surface area contributed by atoms with Crippen LogP contribution in [0.2, 0.25) is 0 Å². The molecule has 3 heteroatoms. The zero-order chi connectivity index (χ0) is 8.97. The predicted octanol–water partition coefficient (Wildman–Crippen LogP) is 1.88. The van der Waals surface area contributed by atoms with E-state index in [9.17, 15) is 0 Å². The molecule has 12 heavy (non-hydrogen) atoms. The Morgan fingerprint density at radius 3 is 2.92 bits per heavy atom. The zero-order valence-electron chi connectivity index (χ0n) is 7.80. The van der Waals surface area contributed by atoms with Gasteiger partial charge < -0.3 is 10.1 Å². The van der Waals surface area contributed by atoms with Gasteiger partial charge in [-0.2, -0.15) is 0 Å². The van der Waals surface area contributed by atoms with E-state index in [1.165, 1.54) is 0 Å². The van der Waals surface area contributed by atoms with E-state index in [1.54, 1.807) is 0 Å². The Kier molecular flexibility index (Phi) is 3.95. The SMILES string of the molecule is CCCC(=S)OC1CNC(C)C1. The van der Waals surface area contributed by atoms with Crippen LogP contribution in [0, 0.1) is 0 Å². The number of hydrogen-bond donors (Lipinski definition) is 1. The largest absolute Gasteiger partial charge is 0.483 e. The molecule has 1 aliphatic rings. The van der Waals surface area contributed by atoms with Crippen molar-refractivity contribution in [2.75, 3.05) is 6.54 Å². The number of hydrogen-bond acceptors (Lipinski definition) is 3. The molecule has 70 valence electrons. The molecule has 2 nitrogen and oxygen atoms in total. The van der Waals surface area contributed by atoms with Crippen molar-refractivity contribution in [3.8, 4) is 0 Å². The van der Waals surface area contributed by atoms with Crippen molar-refractivity contribution >= 4 is 17.3 Å². The van der Waals surface area contributed by atoms with Crippen LogP contribution in [-0.4, -0.2) is 23.7 Å². The standard InChI is InChI=1S/C9H17NOS/c1-3-4-9(12)11-8-5-7(2)10-6-8/h7-8,10H,3-6H2,1-2H3. The summed E-state index contributed by atoms with van der Waals surface area (Å²) in [5.41, 5.74) is 0. The molecule has 1 aliphatic heterocycles. The van der Waals surface area contributed by atoms with Crippen molar-refractivity contribution < 1.29 is 4.74 Å². The molecule has 0 spiro atoms. The second-order valence-electron chi connectivity index (χ2n) is 3.41. The number of thiocarbonyl (C=S) groups is 1. The molecule has 1 heterocycles. The normalized spacial score (nSPS) is 28.8. The van der Waals surface area contributed by atoms with Crippen LogP contribution in [-0.2, 0) is 4.74 Å². The molecule has 0 aliphatic carbocycles. The summed E-state index contributed by atoms with van der Waals surface area (Å²) in [5, 5.41) is 4.11. The lowest BCUT2D eigenvalue weighted by atomic mass is 10.2. The molecule has 0 aromatic carbocycles. The summed E-state index contributed by atoms with van der Waals surface area (Å²) in [6.45, 7) is 5.24. The topological polar surface area (TPSA) is 21.3 Å². The maximum Gasteiger partial charge on any atom is 0.160 e. The van der Waals surface area contributed by atoms with Crippen LogP contribution in [0.5, 0.6) is 0 Å². The van der Waals surface area contributed by atoms with Gasteiger partial charge in [0.25, 0.3) is 0 Å². The maximum atomic E-state index is 5.59. The molecular formula is C9H17NOS. The van der Waals surface area contributed by atoms with Gasteiger partial charge in [0.1, 0.15) is 6.10 Å². The quantitative estimate of drug-likeness (QED) is 0.682. The smallest absolute Gasteiger partial charge is 0.160 e. The molecule has 2 unspecified atom stereocenters. The minimum absolute atomic E-state index is 0.319. The summed E-state index contributed by atoms with van der Waals surface area (Å²) in [5.74, 6) is 0. The minimum atomic E-state index is 0.319. The van der Waals surface area contributed by atoms with Gasteiger partial charge in [-0.1, -0.05) is 6.92 Å². The van der Waals surface area contributed by atoms with E-state index in [-0.39, 0.29) is 0 Å². The second kappa shape index (κ2) is 4.77. The molecule has 0 aromatic heterocycles. The Hall–Kier alpha value is -0.150. The molecule has 0 amide bonds. The molecule has 1 rings (SSSR count). The van der Waals surface area contributed by atoms with E-state index >= 15 is 0 Å². The fourth-order valence-electron chi connectivity index (χ4n) is 1.43. The Labute approximate surface area is 79.7 Å². The van der Waals surface area contributed by atoms with Crippen LogP contribution in [0.15, 0.2) is 0 Å². The third-order valence-corrected chi connectivity index (χ3v) is 2.36. The van der Waals surface area contributed by atoms with Crippen LogP contribution in [0.4, 0.5) is 0 Å². The molecule has 0 aromatic rings. The van der Waals surface area contributed by atoms with E-state index in [4.69, 9.17) is 17.0 Å². The fourth-order valence-corrected chi connectivity index (χ4v) is 1.77. The van der Waals surface area contributed by atoms with Crippen molar-refractivity contribution in [1.82, 2.24) is 5.32 Å². The van der Waals surface area contributed by atoms with Crippen molar-refractivity contribution in [3.63, 3.8) is 0 Å². The average molecular weight is 187 g/mol. The van der Waals surface area contributed by atoms with Gasteiger partial charge in [-0.3, -0.25) is 0 Å². The first-order valence-electron chi connectivity index (χ1n) is 4.65. The van der Waals surface area contributed by atoms with Crippen LogP contribution in [0.1, 0.15) is 33.1 Å². The summed E-state index contributed by atoms with van der Waals surface area (Å²) >= 11 is 5.08. The molecule has 2 atom stereocenters. The average Bonchev–Trinajstić information content (AvgIpc) is 2.36. The summed E-state index contributed by atoms with van der Waals surface area (Å²) in [7, 11) is 0. The maximum absolute atomic E-state index is 5.59. The third-order valence-electron chi connectivity index (χ3n) is 2.06. The molecule has 0 bridgehead atoms. The Morgan fingerprint density at radius 1 is 1.67 bits per heavy atom. The molecular weight excluding hydrogens is 170 g/mol. The third kappa shape index (κ3) is 3.07. The highest BCUT2D eigenvalue weighted by molar-refractivity contribution is 7.80. The van der Waals surface area contributed by atoms with E-state index in [0.29, 0.717) is 12.1 Å². The number of ether oxygens (including phenoxy) is 1. The highest BCUT2D eigenvalue weighted by atomic mass is 32.1. The van der Waals surface area contributed by atoms with Gasteiger partial charge in [0, 0.05) is 25.4 Å². The Bertz CT molecular complexity index is 161. The number of rotatable bonds is 3. The summed E-state index contributed by atoms with van der Waals surface area (Å²) < 4.78 is 5.59. The van der Waals surface area contributed by atoms with Crippen LogP contribution < -0.4 is 5.32 Å². The van der Waals surface area contributed by atoms with Crippen LogP contribution in [0.25, 0.3) is 0 Å². The highest BCUT2D eigenvalue weighted by Gasteiger charge is 2.22.